The van der Waals surface area contributed by atoms with Crippen LogP contribution in [-0.2, 0) is 9.53 Å². The number of pyridine rings is 1. The Morgan fingerprint density at radius 1 is 1.11 bits per heavy atom. The number of hydrogen-bond donors (Lipinski definition) is 1. The number of aromatic hydroxyl groups is 1. The molecule has 0 radical (unpaired) electrons. The van der Waals surface area contributed by atoms with E-state index < -0.39 is 12.1 Å². The zero-order valence-corrected chi connectivity index (χ0v) is 15.1. The first-order valence-electron chi connectivity index (χ1n) is 8.74. The van der Waals surface area contributed by atoms with Crippen molar-refractivity contribution in [2.45, 2.75) is 13.0 Å². The lowest BCUT2D eigenvalue weighted by molar-refractivity contribution is -0.144. The van der Waals surface area contributed by atoms with Crippen molar-refractivity contribution >= 4 is 18.1 Å². The van der Waals surface area contributed by atoms with Crippen LogP contribution in [0.2, 0.25) is 0 Å². The molecular formula is C23H16N2O3. The molecule has 5 heteroatoms. The van der Waals surface area contributed by atoms with Crippen LogP contribution in [-0.4, -0.2) is 16.1 Å². The number of phenols is 1. The molecule has 28 heavy (non-hydrogen) atoms. The van der Waals surface area contributed by atoms with E-state index >= 15 is 0 Å². The van der Waals surface area contributed by atoms with Crippen molar-refractivity contribution in [2.24, 2.45) is 0 Å². The molecule has 1 atom stereocenters. The number of benzene rings is 2. The molecule has 1 aliphatic carbocycles. The zero-order valence-electron chi connectivity index (χ0n) is 15.1. The van der Waals surface area contributed by atoms with E-state index in [0.29, 0.717) is 11.3 Å². The monoisotopic (exact) mass is 368 g/mol. The van der Waals surface area contributed by atoms with Crippen molar-refractivity contribution in [1.82, 2.24) is 4.98 Å². The Balaban J connectivity index is 1.91. The Morgan fingerprint density at radius 2 is 1.89 bits per heavy atom. The highest BCUT2D eigenvalue weighted by Gasteiger charge is 2.26. The topological polar surface area (TPSA) is 83.2 Å². The van der Waals surface area contributed by atoms with Gasteiger partial charge in [-0.1, -0.05) is 30.3 Å². The number of rotatable bonds is 2. The average molecular weight is 368 g/mol. The fraction of sp³-hybridized carbons (Fsp3) is 0.0870. The lowest BCUT2D eigenvalue weighted by Gasteiger charge is -2.21. The van der Waals surface area contributed by atoms with Gasteiger partial charge in [-0.05, 0) is 41.5 Å². The molecule has 5 nitrogen and oxygen atoms in total. The minimum Gasteiger partial charge on any atom is -0.508 e. The summed E-state index contributed by atoms with van der Waals surface area (Å²) in [6.45, 7) is 1.36. The number of carbonyl (C=O) groups is 1. The molecule has 0 saturated carbocycles. The number of fused-ring (bicyclic) bond motifs is 2. The van der Waals surface area contributed by atoms with Crippen molar-refractivity contribution in [3.63, 3.8) is 0 Å². The molecule has 0 aliphatic heterocycles. The number of carbonyl (C=O) groups excluding carboxylic acids is 1. The number of nitrogens with zero attached hydrogens (tertiary/aromatic N) is 2. The van der Waals surface area contributed by atoms with Crippen LogP contribution in [0.1, 0.15) is 41.0 Å². The van der Waals surface area contributed by atoms with Crippen LogP contribution in [0.15, 0.2) is 54.7 Å². The Hall–Kier alpha value is -3.91. The second kappa shape index (κ2) is 7.01. The number of phenolic OH excluding ortho intramolecular Hbond substituents is 1. The molecule has 1 heterocycles. The van der Waals surface area contributed by atoms with Crippen LogP contribution in [0.25, 0.3) is 23.3 Å². The summed E-state index contributed by atoms with van der Waals surface area (Å²) in [6.07, 6.45) is 4.74. The third-order valence-corrected chi connectivity index (χ3v) is 4.67. The van der Waals surface area contributed by atoms with Gasteiger partial charge in [0.25, 0.3) is 0 Å². The predicted molar refractivity (Wildman–Crippen MR) is 105 cm³/mol. The molecule has 0 bridgehead atoms. The van der Waals surface area contributed by atoms with E-state index in [1.165, 1.54) is 6.92 Å². The molecule has 0 spiro atoms. The van der Waals surface area contributed by atoms with Gasteiger partial charge in [0.2, 0.25) is 0 Å². The zero-order chi connectivity index (χ0) is 19.7. The van der Waals surface area contributed by atoms with Gasteiger partial charge in [0.15, 0.2) is 6.10 Å². The summed E-state index contributed by atoms with van der Waals surface area (Å²) in [5.74, 6) is -0.230. The van der Waals surface area contributed by atoms with Crippen LogP contribution in [0.4, 0.5) is 0 Å². The van der Waals surface area contributed by atoms with E-state index in [1.54, 1.807) is 42.6 Å². The van der Waals surface area contributed by atoms with E-state index in [1.807, 2.05) is 24.3 Å². The van der Waals surface area contributed by atoms with Crippen molar-refractivity contribution in [3.05, 3.63) is 82.7 Å². The fourth-order valence-electron chi connectivity index (χ4n) is 3.37. The third-order valence-electron chi connectivity index (χ3n) is 4.67. The summed E-state index contributed by atoms with van der Waals surface area (Å²) in [5.41, 5.74) is 5.12. The number of nitriles is 1. The van der Waals surface area contributed by atoms with Gasteiger partial charge < -0.3 is 9.84 Å². The molecule has 0 fully saturated rings. The van der Waals surface area contributed by atoms with Gasteiger partial charge in [-0.15, -0.1) is 0 Å². The molecule has 2 aromatic carbocycles. The highest BCUT2D eigenvalue weighted by Crippen LogP contribution is 2.37. The Kier molecular flexibility index (Phi) is 4.38. The second-order valence-electron chi connectivity index (χ2n) is 6.49. The third kappa shape index (κ3) is 3.12. The second-order valence-corrected chi connectivity index (χ2v) is 6.49. The Bertz CT molecular complexity index is 1140. The lowest BCUT2D eigenvalue weighted by Crippen LogP contribution is -2.13. The number of hydrogen-bond acceptors (Lipinski definition) is 5. The summed E-state index contributed by atoms with van der Waals surface area (Å²) < 4.78 is 5.67. The SMILES string of the molecule is CC(=O)OC1c2cc(-c3ccc(O)cc3)cnc2C=Cc2c(C#N)cccc21. The Labute approximate surface area is 162 Å². The maximum atomic E-state index is 11.8. The smallest absolute Gasteiger partial charge is 0.303 e. The minimum absolute atomic E-state index is 0.185. The molecule has 0 saturated heterocycles. The van der Waals surface area contributed by atoms with Gasteiger partial charge in [0, 0.05) is 29.8 Å². The fourth-order valence-corrected chi connectivity index (χ4v) is 3.37. The maximum absolute atomic E-state index is 11.8. The number of esters is 1. The molecular weight excluding hydrogens is 352 g/mol. The largest absolute Gasteiger partial charge is 0.508 e. The Morgan fingerprint density at radius 3 is 2.61 bits per heavy atom. The summed E-state index contributed by atoms with van der Waals surface area (Å²) >= 11 is 0. The summed E-state index contributed by atoms with van der Waals surface area (Å²) in [7, 11) is 0. The van der Waals surface area contributed by atoms with Gasteiger partial charge >= 0.3 is 5.97 Å². The highest BCUT2D eigenvalue weighted by atomic mass is 16.5. The van der Waals surface area contributed by atoms with E-state index in [9.17, 15) is 15.2 Å². The molecule has 1 N–H and O–H groups in total. The quantitative estimate of drug-likeness (QED) is 0.675. The van der Waals surface area contributed by atoms with Crippen LogP contribution in [0.5, 0.6) is 5.75 Å². The molecule has 1 unspecified atom stereocenters. The number of aromatic nitrogens is 1. The molecule has 136 valence electrons. The van der Waals surface area contributed by atoms with Crippen molar-refractivity contribution in [1.29, 1.82) is 5.26 Å². The lowest BCUT2D eigenvalue weighted by atomic mass is 9.94. The number of ether oxygens (including phenoxy) is 1. The van der Waals surface area contributed by atoms with Crippen LogP contribution < -0.4 is 0 Å². The summed E-state index contributed by atoms with van der Waals surface area (Å²) in [6, 6.07) is 16.3. The summed E-state index contributed by atoms with van der Waals surface area (Å²) in [5, 5.41) is 19.0. The van der Waals surface area contributed by atoms with Gasteiger partial charge in [-0.2, -0.15) is 5.26 Å². The first kappa shape index (κ1) is 17.5. The maximum Gasteiger partial charge on any atom is 0.303 e. The van der Waals surface area contributed by atoms with E-state index in [2.05, 4.69) is 11.1 Å². The molecule has 4 rings (SSSR count). The van der Waals surface area contributed by atoms with E-state index in [0.717, 1.165) is 27.8 Å². The van der Waals surface area contributed by atoms with E-state index in [-0.39, 0.29) is 5.75 Å². The van der Waals surface area contributed by atoms with Gasteiger partial charge in [0.1, 0.15) is 5.75 Å². The first-order chi connectivity index (χ1) is 13.6. The molecule has 1 aromatic heterocycles. The molecule has 1 aliphatic rings. The summed E-state index contributed by atoms with van der Waals surface area (Å²) in [4.78, 5) is 16.4. The molecule has 3 aromatic rings. The highest BCUT2D eigenvalue weighted by molar-refractivity contribution is 5.79. The normalized spacial score (nSPS) is 14.4. The van der Waals surface area contributed by atoms with Gasteiger partial charge in [-0.3, -0.25) is 9.78 Å². The van der Waals surface area contributed by atoms with Crippen LogP contribution in [0, 0.1) is 11.3 Å². The van der Waals surface area contributed by atoms with Crippen molar-refractivity contribution < 1.29 is 14.6 Å². The van der Waals surface area contributed by atoms with Crippen molar-refractivity contribution in [3.8, 4) is 22.9 Å². The molecule has 0 amide bonds. The van der Waals surface area contributed by atoms with Crippen LogP contribution >= 0.6 is 0 Å². The first-order valence-corrected chi connectivity index (χ1v) is 8.74. The minimum atomic E-state index is -0.671. The van der Waals surface area contributed by atoms with E-state index in [4.69, 9.17) is 4.74 Å². The standard InChI is InChI=1S/C23H16N2O3/c1-14(26)28-23-20-4-2-3-16(12-24)19(20)9-10-22-21(23)11-17(13-25-22)15-5-7-18(27)8-6-15/h2-11,13,23,27H,1H3. The predicted octanol–water partition coefficient (Wildman–Crippen LogP) is 4.46. The van der Waals surface area contributed by atoms with Gasteiger partial charge in [0.05, 0.1) is 17.3 Å². The van der Waals surface area contributed by atoms with Crippen molar-refractivity contribution in [2.75, 3.05) is 0 Å². The van der Waals surface area contributed by atoms with Gasteiger partial charge in [-0.25, -0.2) is 0 Å². The van der Waals surface area contributed by atoms with Crippen LogP contribution in [0.3, 0.4) is 0 Å². The average Bonchev–Trinajstić information content (AvgIpc) is 2.85.